The molecule has 0 saturated carbocycles. The van der Waals surface area contributed by atoms with Gasteiger partial charge in [-0.05, 0) is 24.3 Å². The zero-order chi connectivity index (χ0) is 20.9. The number of hydrogen-bond acceptors (Lipinski definition) is 6. The molecular weight excluding hydrogens is 388 g/mol. The topological polar surface area (TPSA) is 90.2 Å². The van der Waals surface area contributed by atoms with Crippen molar-refractivity contribution in [3.05, 3.63) is 54.5 Å². The fourth-order valence-corrected chi connectivity index (χ4v) is 4.72. The molecule has 2 unspecified atom stereocenters. The van der Waals surface area contributed by atoms with E-state index in [2.05, 4.69) is 5.32 Å². The standard InChI is InChI=1S/C22H22N2O6/c1-27-13-5-6-15(17(10-13)28-2)23-20(25)18-16-7-8-22(30-16)12-24(21(26)19(18)22)11-14-4-3-9-29-14/h3-10,16,18-19H,11-12H2,1-2H3,(H,23,25)/t16-,18?,19?,22-/m0/s1. The number of rotatable bonds is 6. The molecule has 5 rings (SSSR count). The monoisotopic (exact) mass is 410 g/mol. The van der Waals surface area contributed by atoms with E-state index in [1.54, 1.807) is 42.5 Å². The first kappa shape index (κ1) is 18.7. The number of hydrogen-bond donors (Lipinski definition) is 1. The molecule has 4 heterocycles. The number of likely N-dealkylation sites (tertiary alicyclic amines) is 1. The Morgan fingerprint density at radius 3 is 2.90 bits per heavy atom. The molecule has 3 aliphatic heterocycles. The van der Waals surface area contributed by atoms with Gasteiger partial charge in [0.05, 0.1) is 57.2 Å². The van der Waals surface area contributed by atoms with E-state index in [1.165, 1.54) is 7.11 Å². The number of fused-ring (bicyclic) bond motifs is 1. The number of nitrogens with one attached hydrogen (secondary N) is 1. The first-order chi connectivity index (χ1) is 14.5. The Morgan fingerprint density at radius 2 is 2.17 bits per heavy atom. The Hall–Kier alpha value is -3.26. The minimum atomic E-state index is -0.764. The van der Waals surface area contributed by atoms with Gasteiger partial charge in [-0.2, -0.15) is 0 Å². The Kier molecular flexibility index (Phi) is 4.32. The van der Waals surface area contributed by atoms with Gasteiger partial charge in [0.1, 0.15) is 22.9 Å². The molecule has 0 radical (unpaired) electrons. The predicted molar refractivity (Wildman–Crippen MR) is 106 cm³/mol. The third-order valence-corrected chi connectivity index (χ3v) is 6.07. The van der Waals surface area contributed by atoms with E-state index < -0.39 is 23.5 Å². The molecule has 1 spiro atoms. The largest absolute Gasteiger partial charge is 0.497 e. The van der Waals surface area contributed by atoms with Crippen LogP contribution in [-0.4, -0.2) is 49.2 Å². The van der Waals surface area contributed by atoms with E-state index in [0.29, 0.717) is 36.0 Å². The highest BCUT2D eigenvalue weighted by Crippen LogP contribution is 2.52. The van der Waals surface area contributed by atoms with E-state index in [4.69, 9.17) is 18.6 Å². The fourth-order valence-electron chi connectivity index (χ4n) is 4.72. The molecule has 2 saturated heterocycles. The summed E-state index contributed by atoms with van der Waals surface area (Å²) in [6.07, 6.45) is 4.97. The van der Waals surface area contributed by atoms with Crippen LogP contribution in [0.5, 0.6) is 11.5 Å². The van der Waals surface area contributed by atoms with Crippen molar-refractivity contribution in [2.24, 2.45) is 11.8 Å². The quantitative estimate of drug-likeness (QED) is 0.735. The lowest BCUT2D eigenvalue weighted by Gasteiger charge is -2.24. The lowest BCUT2D eigenvalue weighted by Crippen LogP contribution is -2.41. The Balaban J connectivity index is 1.38. The van der Waals surface area contributed by atoms with Crippen molar-refractivity contribution < 1.29 is 28.2 Å². The van der Waals surface area contributed by atoms with Crippen LogP contribution in [0.25, 0.3) is 0 Å². The molecule has 8 heteroatoms. The maximum Gasteiger partial charge on any atom is 0.231 e. The number of carbonyl (C=O) groups excluding carboxylic acids is 2. The molecule has 2 amide bonds. The fraction of sp³-hybridized carbons (Fsp3) is 0.364. The van der Waals surface area contributed by atoms with E-state index in [0.717, 1.165) is 0 Å². The summed E-state index contributed by atoms with van der Waals surface area (Å²) in [6.45, 7) is 0.756. The molecule has 2 fully saturated rings. The van der Waals surface area contributed by atoms with Gasteiger partial charge in [-0.1, -0.05) is 12.2 Å². The van der Waals surface area contributed by atoms with Gasteiger partial charge in [-0.15, -0.1) is 0 Å². The molecule has 156 valence electrons. The molecule has 3 aliphatic rings. The predicted octanol–water partition coefficient (Wildman–Crippen LogP) is 2.22. The number of nitrogens with zero attached hydrogens (tertiary/aromatic N) is 1. The molecule has 8 nitrogen and oxygen atoms in total. The van der Waals surface area contributed by atoms with Crippen molar-refractivity contribution in [2.75, 3.05) is 26.1 Å². The van der Waals surface area contributed by atoms with Crippen LogP contribution < -0.4 is 14.8 Å². The maximum absolute atomic E-state index is 13.2. The van der Waals surface area contributed by atoms with Crippen LogP contribution in [-0.2, 0) is 20.9 Å². The van der Waals surface area contributed by atoms with Gasteiger partial charge in [0, 0.05) is 6.07 Å². The molecule has 1 N–H and O–H groups in total. The third-order valence-electron chi connectivity index (χ3n) is 6.07. The summed E-state index contributed by atoms with van der Waals surface area (Å²) >= 11 is 0. The molecule has 1 aromatic heterocycles. The number of benzene rings is 1. The van der Waals surface area contributed by atoms with Crippen LogP contribution >= 0.6 is 0 Å². The van der Waals surface area contributed by atoms with E-state index in [9.17, 15) is 9.59 Å². The highest BCUT2D eigenvalue weighted by atomic mass is 16.5. The van der Waals surface area contributed by atoms with E-state index in [1.807, 2.05) is 18.2 Å². The summed E-state index contributed by atoms with van der Waals surface area (Å²) in [4.78, 5) is 28.2. The van der Waals surface area contributed by atoms with Crippen molar-refractivity contribution in [3.8, 4) is 11.5 Å². The summed E-state index contributed by atoms with van der Waals surface area (Å²) in [5.41, 5.74) is -0.248. The molecule has 2 aromatic rings. The average molecular weight is 410 g/mol. The van der Waals surface area contributed by atoms with E-state index >= 15 is 0 Å². The Labute approximate surface area is 173 Å². The van der Waals surface area contributed by atoms with Crippen LogP contribution in [0.4, 0.5) is 5.69 Å². The van der Waals surface area contributed by atoms with Gasteiger partial charge >= 0.3 is 0 Å². The number of anilines is 1. The van der Waals surface area contributed by atoms with Gasteiger partial charge in [0.2, 0.25) is 11.8 Å². The van der Waals surface area contributed by atoms with E-state index in [-0.39, 0.29) is 11.8 Å². The van der Waals surface area contributed by atoms with Gasteiger partial charge in [0.25, 0.3) is 0 Å². The number of ether oxygens (including phenoxy) is 3. The van der Waals surface area contributed by atoms with Crippen molar-refractivity contribution in [2.45, 2.75) is 18.2 Å². The van der Waals surface area contributed by atoms with Gasteiger partial charge in [-0.25, -0.2) is 0 Å². The number of carbonyl (C=O) groups is 2. The molecule has 30 heavy (non-hydrogen) atoms. The highest BCUT2D eigenvalue weighted by molar-refractivity contribution is 6.00. The van der Waals surface area contributed by atoms with Gasteiger partial charge in [-0.3, -0.25) is 9.59 Å². The Morgan fingerprint density at radius 1 is 1.30 bits per heavy atom. The van der Waals surface area contributed by atoms with Crippen molar-refractivity contribution in [1.82, 2.24) is 4.90 Å². The maximum atomic E-state index is 13.2. The average Bonchev–Trinajstić information content (AvgIpc) is 3.52. The van der Waals surface area contributed by atoms with Gasteiger partial charge in [0.15, 0.2) is 0 Å². The summed E-state index contributed by atoms with van der Waals surface area (Å²) < 4.78 is 22.1. The highest BCUT2D eigenvalue weighted by Gasteiger charge is 2.66. The third kappa shape index (κ3) is 2.79. The normalized spacial score (nSPS) is 28.7. The molecule has 4 atom stereocenters. The zero-order valence-electron chi connectivity index (χ0n) is 16.7. The van der Waals surface area contributed by atoms with Crippen molar-refractivity contribution in [1.29, 1.82) is 0 Å². The van der Waals surface area contributed by atoms with Gasteiger partial charge < -0.3 is 28.8 Å². The lowest BCUT2D eigenvalue weighted by molar-refractivity contribution is -0.136. The zero-order valence-corrected chi connectivity index (χ0v) is 16.7. The first-order valence-corrected chi connectivity index (χ1v) is 9.76. The van der Waals surface area contributed by atoms with Crippen molar-refractivity contribution in [3.63, 3.8) is 0 Å². The minimum Gasteiger partial charge on any atom is -0.497 e. The van der Waals surface area contributed by atoms with Crippen molar-refractivity contribution >= 4 is 17.5 Å². The summed E-state index contributed by atoms with van der Waals surface area (Å²) in [6, 6.07) is 8.76. The second-order valence-electron chi connectivity index (χ2n) is 7.73. The molecule has 1 aromatic carbocycles. The minimum absolute atomic E-state index is 0.0971. The Bertz CT molecular complexity index is 1020. The number of amides is 2. The van der Waals surface area contributed by atoms with Crippen LogP contribution in [0.2, 0.25) is 0 Å². The lowest BCUT2D eigenvalue weighted by atomic mass is 9.76. The number of furan rings is 1. The van der Waals surface area contributed by atoms with Crippen LogP contribution in [0.3, 0.4) is 0 Å². The number of methoxy groups -OCH3 is 2. The first-order valence-electron chi connectivity index (χ1n) is 9.76. The molecule has 2 bridgehead atoms. The van der Waals surface area contributed by atoms with Crippen LogP contribution in [0.1, 0.15) is 5.76 Å². The second kappa shape index (κ2) is 6.91. The summed E-state index contributed by atoms with van der Waals surface area (Å²) in [5.74, 6) is 0.251. The second-order valence-corrected chi connectivity index (χ2v) is 7.73. The van der Waals surface area contributed by atoms with Crippen LogP contribution in [0, 0.1) is 11.8 Å². The molecule has 0 aliphatic carbocycles. The summed E-state index contributed by atoms with van der Waals surface area (Å²) in [5, 5.41) is 2.91. The SMILES string of the molecule is COc1ccc(NC(=O)C2C3C(=O)N(Cc4ccco4)C[C@@]34C=C[C@@H]2O4)c(OC)c1. The van der Waals surface area contributed by atoms with Crippen LogP contribution in [0.15, 0.2) is 53.2 Å². The summed E-state index contributed by atoms with van der Waals surface area (Å²) in [7, 11) is 3.08. The molecular formula is C22H22N2O6. The smallest absolute Gasteiger partial charge is 0.231 e.